The van der Waals surface area contributed by atoms with Crippen molar-refractivity contribution < 1.29 is 23.5 Å². The van der Waals surface area contributed by atoms with Gasteiger partial charge in [0, 0.05) is 31.1 Å². The molecule has 0 unspecified atom stereocenters. The van der Waals surface area contributed by atoms with Gasteiger partial charge in [0.1, 0.15) is 11.9 Å². The van der Waals surface area contributed by atoms with Crippen LogP contribution < -0.4 is 16.0 Å². The molecule has 0 aliphatic rings. The summed E-state index contributed by atoms with van der Waals surface area (Å²) >= 11 is 0. The summed E-state index contributed by atoms with van der Waals surface area (Å²) in [5.74, 6) is -1.17. The summed E-state index contributed by atoms with van der Waals surface area (Å²) in [6, 6.07) is 20.5. The summed E-state index contributed by atoms with van der Waals surface area (Å²) in [7, 11) is 1.30. The molecule has 0 spiro atoms. The fraction of sp³-hybridized carbons (Fsp3) is 0.133. The number of nitrogens with zero attached hydrogens (tertiary/aromatic N) is 2. The number of furan rings is 1. The minimum atomic E-state index is -0.606. The van der Waals surface area contributed by atoms with E-state index in [1.165, 1.54) is 26.6 Å². The van der Waals surface area contributed by atoms with E-state index in [9.17, 15) is 14.4 Å². The third kappa shape index (κ3) is 5.70. The normalized spacial score (nSPS) is 10.8. The number of nitrogens with one attached hydrogen (secondary N) is 3. The molecule has 0 saturated heterocycles. The number of aromatic nitrogens is 2. The number of hydrogen-bond donors (Lipinski definition) is 3. The van der Waals surface area contributed by atoms with Crippen LogP contribution in [0.1, 0.15) is 38.9 Å². The number of methoxy groups -OCH3 is 1. The van der Waals surface area contributed by atoms with Gasteiger partial charge in [-0.3, -0.25) is 9.59 Å². The number of carbonyl (C=O) groups excluding carboxylic acids is 3. The van der Waals surface area contributed by atoms with Crippen molar-refractivity contribution in [2.45, 2.75) is 20.0 Å². The van der Waals surface area contributed by atoms with Crippen molar-refractivity contribution in [1.82, 2.24) is 9.55 Å². The molecule has 0 aliphatic heterocycles. The van der Waals surface area contributed by atoms with Gasteiger partial charge < -0.3 is 29.7 Å². The van der Waals surface area contributed by atoms with Crippen LogP contribution in [-0.4, -0.2) is 34.4 Å². The van der Waals surface area contributed by atoms with E-state index in [0.717, 1.165) is 11.1 Å². The lowest BCUT2D eigenvalue weighted by atomic mass is 10.2. The van der Waals surface area contributed by atoms with E-state index >= 15 is 0 Å². The lowest BCUT2D eigenvalue weighted by Crippen LogP contribution is -2.17. The smallest absolute Gasteiger partial charge is 0.356 e. The van der Waals surface area contributed by atoms with Crippen molar-refractivity contribution in [3.05, 3.63) is 108 Å². The van der Waals surface area contributed by atoms with E-state index in [0.29, 0.717) is 46.7 Å². The zero-order valence-corrected chi connectivity index (χ0v) is 21.9. The van der Waals surface area contributed by atoms with Crippen molar-refractivity contribution in [1.29, 1.82) is 0 Å². The number of anilines is 3. The van der Waals surface area contributed by atoms with Crippen molar-refractivity contribution in [2.24, 2.45) is 0 Å². The maximum Gasteiger partial charge on any atom is 0.356 e. The van der Waals surface area contributed by atoms with E-state index < -0.39 is 11.9 Å². The second kappa shape index (κ2) is 11.6. The molecule has 202 valence electrons. The van der Waals surface area contributed by atoms with E-state index in [4.69, 9.17) is 9.15 Å². The van der Waals surface area contributed by atoms with Gasteiger partial charge in [0.2, 0.25) is 5.91 Å². The first-order valence-corrected chi connectivity index (χ1v) is 12.5. The monoisotopic (exact) mass is 537 g/mol. The van der Waals surface area contributed by atoms with Crippen LogP contribution >= 0.6 is 0 Å². The maximum atomic E-state index is 13.1. The highest BCUT2D eigenvalue weighted by molar-refractivity contribution is 6.14. The number of ether oxygens (including phenoxy) is 1. The van der Waals surface area contributed by atoms with Crippen LogP contribution in [0.3, 0.4) is 0 Å². The van der Waals surface area contributed by atoms with Gasteiger partial charge >= 0.3 is 5.97 Å². The molecular formula is C30H27N5O5. The molecule has 0 atom stereocenters. The van der Waals surface area contributed by atoms with Crippen LogP contribution in [0.25, 0.3) is 11.0 Å². The molecule has 10 heteroatoms. The third-order valence-electron chi connectivity index (χ3n) is 6.25. The number of hydrogen-bond acceptors (Lipinski definition) is 7. The summed E-state index contributed by atoms with van der Waals surface area (Å²) < 4.78 is 11.9. The number of amides is 2. The molecule has 5 rings (SSSR count). The Kier molecular flexibility index (Phi) is 7.58. The standard InChI is InChI=1S/C30H27N5O5/c1-19(36)33-23-10-8-20(9-11-23)15-31-24-14-25-26(34-29(37)22-12-13-40-18-22)27(30(38)39-2)35(28(25)32-16-24)17-21-6-4-3-5-7-21/h3-14,16,18,31H,15,17H2,1-2H3,(H,33,36)(H,34,37). The fourth-order valence-corrected chi connectivity index (χ4v) is 4.37. The van der Waals surface area contributed by atoms with E-state index in [1.807, 2.05) is 60.7 Å². The quantitative estimate of drug-likeness (QED) is 0.218. The average Bonchev–Trinajstić information content (AvgIpc) is 3.60. The SMILES string of the molecule is COC(=O)c1c(NC(=O)c2ccoc2)c2cc(NCc3ccc(NC(C)=O)cc3)cnc2n1Cc1ccccc1. The Morgan fingerprint density at radius 2 is 1.73 bits per heavy atom. The van der Waals surface area contributed by atoms with E-state index in [1.54, 1.807) is 16.8 Å². The topological polar surface area (TPSA) is 127 Å². The maximum absolute atomic E-state index is 13.1. The molecule has 0 radical (unpaired) electrons. The summed E-state index contributed by atoms with van der Waals surface area (Å²) in [6.45, 7) is 2.28. The highest BCUT2D eigenvalue weighted by Gasteiger charge is 2.27. The highest BCUT2D eigenvalue weighted by Crippen LogP contribution is 2.34. The third-order valence-corrected chi connectivity index (χ3v) is 6.25. The molecule has 0 aliphatic carbocycles. The highest BCUT2D eigenvalue weighted by atomic mass is 16.5. The number of benzene rings is 2. The minimum absolute atomic E-state index is 0.133. The molecule has 3 N–H and O–H groups in total. The van der Waals surface area contributed by atoms with Crippen molar-refractivity contribution >= 4 is 45.9 Å². The number of esters is 1. The van der Waals surface area contributed by atoms with E-state index in [2.05, 4.69) is 20.9 Å². The Bertz CT molecular complexity index is 1660. The summed E-state index contributed by atoms with van der Waals surface area (Å²) in [5.41, 5.74) is 4.62. The second-order valence-electron chi connectivity index (χ2n) is 9.08. The molecule has 0 fully saturated rings. The van der Waals surface area contributed by atoms with Crippen molar-refractivity contribution in [3.8, 4) is 0 Å². The number of rotatable bonds is 9. The lowest BCUT2D eigenvalue weighted by Gasteiger charge is -2.11. The molecule has 2 aromatic carbocycles. The summed E-state index contributed by atoms with van der Waals surface area (Å²) in [4.78, 5) is 42.1. The molecule has 0 bridgehead atoms. The Labute approximate surface area is 230 Å². The Hall–Kier alpha value is -5.38. The zero-order valence-electron chi connectivity index (χ0n) is 21.9. The lowest BCUT2D eigenvalue weighted by molar-refractivity contribution is -0.114. The van der Waals surface area contributed by atoms with Gasteiger partial charge in [-0.05, 0) is 35.4 Å². The van der Waals surface area contributed by atoms with Crippen LogP contribution in [0.15, 0.2) is 89.9 Å². The average molecular weight is 538 g/mol. The molecule has 40 heavy (non-hydrogen) atoms. The minimum Gasteiger partial charge on any atom is -0.472 e. The van der Waals surface area contributed by atoms with Gasteiger partial charge in [-0.2, -0.15) is 0 Å². The number of fused-ring (bicyclic) bond motifs is 1. The predicted octanol–water partition coefficient (Wildman–Crippen LogP) is 5.29. The van der Waals surface area contributed by atoms with Gasteiger partial charge in [0.05, 0.1) is 36.5 Å². The van der Waals surface area contributed by atoms with Gasteiger partial charge in [0.15, 0.2) is 5.69 Å². The second-order valence-corrected chi connectivity index (χ2v) is 9.08. The summed E-state index contributed by atoms with van der Waals surface area (Å²) in [6.07, 6.45) is 4.41. The van der Waals surface area contributed by atoms with Crippen molar-refractivity contribution in [2.75, 3.05) is 23.1 Å². The Balaban J connectivity index is 1.53. The number of pyridine rings is 1. The molecule has 10 nitrogen and oxygen atoms in total. The van der Waals surface area contributed by atoms with Crippen LogP contribution in [-0.2, 0) is 22.6 Å². The fourth-order valence-electron chi connectivity index (χ4n) is 4.37. The van der Waals surface area contributed by atoms with Crippen LogP contribution in [0.5, 0.6) is 0 Å². The van der Waals surface area contributed by atoms with Crippen LogP contribution in [0.4, 0.5) is 17.1 Å². The van der Waals surface area contributed by atoms with Gasteiger partial charge in [-0.1, -0.05) is 42.5 Å². The van der Waals surface area contributed by atoms with Gasteiger partial charge in [0.25, 0.3) is 5.91 Å². The molecular weight excluding hydrogens is 510 g/mol. The van der Waals surface area contributed by atoms with E-state index in [-0.39, 0.29) is 11.6 Å². The predicted molar refractivity (Wildman–Crippen MR) is 151 cm³/mol. The Morgan fingerprint density at radius 1 is 0.950 bits per heavy atom. The summed E-state index contributed by atoms with van der Waals surface area (Å²) in [5, 5.41) is 9.53. The first-order chi connectivity index (χ1) is 19.4. The first kappa shape index (κ1) is 26.2. The first-order valence-electron chi connectivity index (χ1n) is 12.5. The largest absolute Gasteiger partial charge is 0.472 e. The molecule has 3 aromatic heterocycles. The van der Waals surface area contributed by atoms with Crippen LogP contribution in [0, 0.1) is 0 Å². The molecule has 5 aromatic rings. The molecule has 0 saturated carbocycles. The van der Waals surface area contributed by atoms with Crippen molar-refractivity contribution in [3.63, 3.8) is 0 Å². The Morgan fingerprint density at radius 3 is 2.40 bits per heavy atom. The van der Waals surface area contributed by atoms with Crippen LogP contribution in [0.2, 0.25) is 0 Å². The zero-order chi connectivity index (χ0) is 28.1. The molecule has 2 amide bonds. The van der Waals surface area contributed by atoms with Gasteiger partial charge in [-0.15, -0.1) is 0 Å². The van der Waals surface area contributed by atoms with Gasteiger partial charge in [-0.25, -0.2) is 9.78 Å². The number of carbonyl (C=O) groups is 3. The molecule has 3 heterocycles.